The van der Waals surface area contributed by atoms with Crippen molar-refractivity contribution in [2.45, 2.75) is 25.0 Å². The number of benzene rings is 1. The minimum atomic E-state index is -0.608. The van der Waals surface area contributed by atoms with Crippen LogP contribution >= 0.6 is 23.2 Å². The molecule has 21 heavy (non-hydrogen) atoms. The third-order valence-electron chi connectivity index (χ3n) is 3.40. The van der Waals surface area contributed by atoms with Crippen LogP contribution in [0.3, 0.4) is 0 Å². The molecule has 1 aliphatic heterocycles. The van der Waals surface area contributed by atoms with Gasteiger partial charge in [-0.05, 0) is 32.0 Å². The summed E-state index contributed by atoms with van der Waals surface area (Å²) in [5.74, 6) is 0.418. The molecule has 0 bridgehead atoms. The van der Waals surface area contributed by atoms with E-state index in [0.29, 0.717) is 22.3 Å². The average Bonchev–Trinajstić information content (AvgIpc) is 2.90. The fraction of sp³-hybridized carbons (Fsp3) is 0.600. The van der Waals surface area contributed by atoms with Crippen molar-refractivity contribution in [1.29, 1.82) is 0 Å². The van der Waals surface area contributed by atoms with Crippen LogP contribution in [0.15, 0.2) is 18.2 Å². The third kappa shape index (κ3) is 5.31. The number of hydrogen-bond donors (Lipinski definition) is 1. The van der Waals surface area contributed by atoms with Crippen LogP contribution in [0.25, 0.3) is 0 Å². The minimum Gasteiger partial charge on any atom is -0.488 e. The SMILES string of the molecule is CN(CC(O)COc1c(Cl)cccc1Cl)CC1CCCO1. The molecule has 0 spiro atoms. The maximum atomic E-state index is 10.0. The van der Waals surface area contributed by atoms with Crippen LogP contribution in [0.1, 0.15) is 12.8 Å². The fourth-order valence-electron chi connectivity index (χ4n) is 2.42. The van der Waals surface area contributed by atoms with Crippen molar-refractivity contribution in [2.24, 2.45) is 0 Å². The van der Waals surface area contributed by atoms with Gasteiger partial charge in [0.1, 0.15) is 12.7 Å². The first-order chi connectivity index (χ1) is 10.1. The predicted molar refractivity (Wildman–Crippen MR) is 84.4 cm³/mol. The number of hydrogen-bond acceptors (Lipinski definition) is 4. The highest BCUT2D eigenvalue weighted by atomic mass is 35.5. The van der Waals surface area contributed by atoms with Crippen molar-refractivity contribution in [1.82, 2.24) is 4.90 Å². The summed E-state index contributed by atoms with van der Waals surface area (Å²) in [6.07, 6.45) is 1.88. The standard InChI is InChI=1S/C15H21Cl2NO3/c1-18(9-12-4-3-7-20-12)8-11(19)10-21-15-13(16)5-2-6-14(15)17/h2,5-6,11-12,19H,3-4,7-10H2,1H3. The number of aliphatic hydroxyl groups excluding tert-OH is 1. The summed E-state index contributed by atoms with van der Waals surface area (Å²) >= 11 is 12.0. The molecule has 4 nitrogen and oxygen atoms in total. The first-order valence-electron chi connectivity index (χ1n) is 7.11. The summed E-state index contributed by atoms with van der Waals surface area (Å²) in [7, 11) is 1.97. The van der Waals surface area contributed by atoms with Crippen LogP contribution in [0.5, 0.6) is 5.75 Å². The molecule has 1 aromatic carbocycles. The Morgan fingerprint density at radius 1 is 1.43 bits per heavy atom. The summed E-state index contributed by atoms with van der Waals surface area (Å²) in [6.45, 7) is 2.33. The number of para-hydroxylation sites is 1. The molecule has 0 amide bonds. The van der Waals surface area contributed by atoms with Gasteiger partial charge in [0, 0.05) is 19.7 Å². The minimum absolute atomic E-state index is 0.152. The van der Waals surface area contributed by atoms with Crippen molar-refractivity contribution >= 4 is 23.2 Å². The van der Waals surface area contributed by atoms with E-state index in [1.54, 1.807) is 18.2 Å². The highest BCUT2D eigenvalue weighted by Crippen LogP contribution is 2.32. The Balaban J connectivity index is 1.75. The van der Waals surface area contributed by atoms with E-state index in [1.807, 2.05) is 7.05 Å². The molecule has 118 valence electrons. The highest BCUT2D eigenvalue weighted by molar-refractivity contribution is 6.37. The largest absolute Gasteiger partial charge is 0.488 e. The average molecular weight is 334 g/mol. The lowest BCUT2D eigenvalue weighted by atomic mass is 10.2. The molecule has 1 heterocycles. The number of nitrogens with zero attached hydrogens (tertiary/aromatic N) is 1. The van der Waals surface area contributed by atoms with E-state index in [-0.39, 0.29) is 12.7 Å². The van der Waals surface area contributed by atoms with Crippen LogP contribution in [0.4, 0.5) is 0 Å². The Kier molecular flexibility index (Phi) is 6.58. The molecule has 1 fully saturated rings. The second kappa shape index (κ2) is 8.20. The molecule has 0 saturated carbocycles. The van der Waals surface area contributed by atoms with Crippen molar-refractivity contribution in [3.63, 3.8) is 0 Å². The van der Waals surface area contributed by atoms with E-state index in [4.69, 9.17) is 32.7 Å². The predicted octanol–water partition coefficient (Wildman–Crippen LogP) is 2.84. The zero-order chi connectivity index (χ0) is 15.2. The molecule has 1 aromatic rings. The number of rotatable bonds is 7. The van der Waals surface area contributed by atoms with E-state index in [9.17, 15) is 5.11 Å². The van der Waals surface area contributed by atoms with Crippen molar-refractivity contribution < 1.29 is 14.6 Å². The molecule has 0 radical (unpaired) electrons. The summed E-state index contributed by atoms with van der Waals surface area (Å²) in [6, 6.07) is 5.17. The van der Waals surface area contributed by atoms with E-state index in [0.717, 1.165) is 26.0 Å². The summed E-state index contributed by atoms with van der Waals surface area (Å²) in [5, 5.41) is 10.9. The Hall–Kier alpha value is -0.520. The van der Waals surface area contributed by atoms with Gasteiger partial charge in [-0.15, -0.1) is 0 Å². The van der Waals surface area contributed by atoms with Crippen LogP contribution in [0, 0.1) is 0 Å². The Bertz CT molecular complexity index is 432. The monoisotopic (exact) mass is 333 g/mol. The van der Waals surface area contributed by atoms with Crippen molar-refractivity contribution in [2.75, 3.05) is 33.4 Å². The second-order valence-corrected chi connectivity index (χ2v) is 6.19. The fourth-order valence-corrected chi connectivity index (χ4v) is 2.93. The Morgan fingerprint density at radius 2 is 2.14 bits per heavy atom. The first-order valence-corrected chi connectivity index (χ1v) is 7.87. The summed E-state index contributed by atoms with van der Waals surface area (Å²) < 4.78 is 11.1. The van der Waals surface area contributed by atoms with Crippen LogP contribution in [0.2, 0.25) is 10.0 Å². The molecule has 6 heteroatoms. The van der Waals surface area contributed by atoms with Gasteiger partial charge in [-0.3, -0.25) is 0 Å². The van der Waals surface area contributed by atoms with Gasteiger partial charge in [0.2, 0.25) is 0 Å². The zero-order valence-corrected chi connectivity index (χ0v) is 13.6. The van der Waals surface area contributed by atoms with E-state index >= 15 is 0 Å². The quantitative estimate of drug-likeness (QED) is 0.833. The van der Waals surface area contributed by atoms with Gasteiger partial charge < -0.3 is 19.5 Å². The van der Waals surface area contributed by atoms with E-state index in [1.165, 1.54) is 0 Å². The number of aliphatic hydroxyl groups is 1. The molecule has 2 rings (SSSR count). The molecular formula is C15H21Cl2NO3. The lowest BCUT2D eigenvalue weighted by molar-refractivity contribution is 0.0444. The molecule has 1 N–H and O–H groups in total. The molecule has 1 aliphatic rings. The molecule has 2 unspecified atom stereocenters. The number of ether oxygens (including phenoxy) is 2. The topological polar surface area (TPSA) is 41.9 Å². The molecule has 0 aromatic heterocycles. The van der Waals surface area contributed by atoms with Gasteiger partial charge in [-0.1, -0.05) is 29.3 Å². The smallest absolute Gasteiger partial charge is 0.156 e. The summed E-state index contributed by atoms with van der Waals surface area (Å²) in [4.78, 5) is 2.05. The molecule has 2 atom stereocenters. The van der Waals surface area contributed by atoms with E-state index < -0.39 is 6.10 Å². The maximum absolute atomic E-state index is 10.0. The highest BCUT2D eigenvalue weighted by Gasteiger charge is 2.19. The second-order valence-electron chi connectivity index (χ2n) is 5.37. The van der Waals surface area contributed by atoms with Gasteiger partial charge in [0.15, 0.2) is 5.75 Å². The Labute approximate surface area is 135 Å². The summed E-state index contributed by atoms with van der Waals surface area (Å²) in [5.41, 5.74) is 0. The van der Waals surface area contributed by atoms with Crippen LogP contribution in [-0.4, -0.2) is 55.6 Å². The maximum Gasteiger partial charge on any atom is 0.156 e. The Morgan fingerprint density at radius 3 is 2.76 bits per heavy atom. The van der Waals surface area contributed by atoms with Crippen LogP contribution in [-0.2, 0) is 4.74 Å². The molecule has 0 aliphatic carbocycles. The van der Waals surface area contributed by atoms with Gasteiger partial charge in [-0.25, -0.2) is 0 Å². The number of likely N-dealkylation sites (N-methyl/N-ethyl adjacent to an activating group) is 1. The lowest BCUT2D eigenvalue weighted by Crippen LogP contribution is -2.37. The zero-order valence-electron chi connectivity index (χ0n) is 12.1. The van der Waals surface area contributed by atoms with Gasteiger partial charge in [0.05, 0.1) is 16.1 Å². The van der Waals surface area contributed by atoms with E-state index in [2.05, 4.69) is 4.90 Å². The van der Waals surface area contributed by atoms with Crippen molar-refractivity contribution in [3.05, 3.63) is 28.2 Å². The van der Waals surface area contributed by atoms with Gasteiger partial charge >= 0.3 is 0 Å². The van der Waals surface area contributed by atoms with Crippen LogP contribution < -0.4 is 4.74 Å². The van der Waals surface area contributed by atoms with Gasteiger partial charge in [-0.2, -0.15) is 0 Å². The lowest BCUT2D eigenvalue weighted by Gasteiger charge is -2.23. The van der Waals surface area contributed by atoms with Gasteiger partial charge in [0.25, 0.3) is 0 Å². The molecular weight excluding hydrogens is 313 g/mol. The third-order valence-corrected chi connectivity index (χ3v) is 4.00. The molecule has 1 saturated heterocycles. The van der Waals surface area contributed by atoms with Crippen molar-refractivity contribution in [3.8, 4) is 5.75 Å². The normalized spacial score (nSPS) is 20.0. The first kappa shape index (κ1) is 16.8. The number of halogens is 2.